The summed E-state index contributed by atoms with van der Waals surface area (Å²) >= 11 is 0. The number of azide groups is 1. The second kappa shape index (κ2) is 14.5. The molecule has 0 radical (unpaired) electrons. The number of nitrogens with zero attached hydrogens (tertiary/aromatic N) is 3. The lowest BCUT2D eigenvalue weighted by Crippen LogP contribution is -2.44. The van der Waals surface area contributed by atoms with E-state index in [0.29, 0.717) is 19.8 Å². The van der Waals surface area contributed by atoms with Crippen LogP contribution >= 0.6 is 0 Å². The summed E-state index contributed by atoms with van der Waals surface area (Å²) in [5.74, 6) is -1.60. The van der Waals surface area contributed by atoms with Gasteiger partial charge < -0.3 is 30.0 Å². The van der Waals surface area contributed by atoms with E-state index in [9.17, 15) is 14.4 Å². The van der Waals surface area contributed by atoms with Crippen LogP contribution in [0.5, 0.6) is 0 Å². The van der Waals surface area contributed by atoms with Crippen LogP contribution in [0.25, 0.3) is 10.4 Å². The first-order valence-electron chi connectivity index (χ1n) is 8.81. The molecule has 0 aliphatic heterocycles. The number of aliphatic carboxylic acids is 1. The van der Waals surface area contributed by atoms with Crippen molar-refractivity contribution in [2.45, 2.75) is 45.3 Å². The standard InChI is InChI=1S/C16H29N5O7/c1-16(2,3)28-15(25)20-12(14(23)24)4-5-13(22)18-6-8-26-10-11-27-9-7-19-21-17/h12H,4-11H2,1-3H3,(H,18,22)(H,20,25)(H,23,24)/t12-/m0/s1. The molecule has 0 aliphatic rings. The van der Waals surface area contributed by atoms with Gasteiger partial charge in [0.25, 0.3) is 0 Å². The van der Waals surface area contributed by atoms with Crippen LogP contribution in [0.15, 0.2) is 5.11 Å². The quantitative estimate of drug-likeness (QED) is 0.169. The lowest BCUT2D eigenvalue weighted by molar-refractivity contribution is -0.139. The Bertz CT molecular complexity index is 544. The molecule has 12 heteroatoms. The molecule has 160 valence electrons. The normalized spacial score (nSPS) is 11.8. The maximum absolute atomic E-state index is 11.8. The molecule has 0 heterocycles. The summed E-state index contributed by atoms with van der Waals surface area (Å²) in [5, 5.41) is 17.3. The van der Waals surface area contributed by atoms with E-state index < -0.39 is 23.7 Å². The maximum Gasteiger partial charge on any atom is 0.408 e. The molecule has 28 heavy (non-hydrogen) atoms. The van der Waals surface area contributed by atoms with Gasteiger partial charge in [0.05, 0.1) is 26.4 Å². The Labute approximate surface area is 163 Å². The Balaban J connectivity index is 3.88. The molecule has 0 spiro atoms. The Morgan fingerprint density at radius 1 is 1.14 bits per heavy atom. The molecule has 0 rings (SSSR count). The summed E-state index contributed by atoms with van der Waals surface area (Å²) in [6, 6.07) is -1.22. The Morgan fingerprint density at radius 2 is 1.79 bits per heavy atom. The number of alkyl carbamates (subject to hydrolysis) is 1. The summed E-state index contributed by atoms with van der Waals surface area (Å²) in [7, 11) is 0. The van der Waals surface area contributed by atoms with Crippen molar-refractivity contribution in [3.05, 3.63) is 10.4 Å². The van der Waals surface area contributed by atoms with Gasteiger partial charge >= 0.3 is 12.1 Å². The molecular weight excluding hydrogens is 374 g/mol. The second-order valence-corrected chi connectivity index (χ2v) is 6.60. The molecule has 2 amide bonds. The average Bonchev–Trinajstić information content (AvgIpc) is 2.58. The Morgan fingerprint density at radius 3 is 2.36 bits per heavy atom. The van der Waals surface area contributed by atoms with E-state index >= 15 is 0 Å². The van der Waals surface area contributed by atoms with E-state index in [1.54, 1.807) is 20.8 Å². The van der Waals surface area contributed by atoms with Gasteiger partial charge in [-0.1, -0.05) is 5.11 Å². The third-order valence-electron chi connectivity index (χ3n) is 2.99. The van der Waals surface area contributed by atoms with Gasteiger partial charge in [-0.15, -0.1) is 0 Å². The zero-order valence-corrected chi connectivity index (χ0v) is 16.5. The fourth-order valence-corrected chi connectivity index (χ4v) is 1.81. The highest BCUT2D eigenvalue weighted by atomic mass is 16.6. The summed E-state index contributed by atoms with van der Waals surface area (Å²) in [6.07, 6.45) is -0.995. The third-order valence-corrected chi connectivity index (χ3v) is 2.99. The summed E-state index contributed by atoms with van der Waals surface area (Å²) in [5.41, 5.74) is 7.33. The van der Waals surface area contributed by atoms with Crippen LogP contribution in [0.2, 0.25) is 0 Å². The van der Waals surface area contributed by atoms with Gasteiger partial charge in [-0.2, -0.15) is 0 Å². The van der Waals surface area contributed by atoms with Gasteiger partial charge in [-0.25, -0.2) is 9.59 Å². The van der Waals surface area contributed by atoms with Gasteiger partial charge in [0.15, 0.2) is 0 Å². The minimum absolute atomic E-state index is 0.0692. The first-order chi connectivity index (χ1) is 13.2. The fraction of sp³-hybridized carbons (Fsp3) is 0.812. The Hall–Kier alpha value is -2.56. The van der Waals surface area contributed by atoms with Crippen LogP contribution in [-0.4, -0.2) is 74.2 Å². The largest absolute Gasteiger partial charge is 0.480 e. The minimum Gasteiger partial charge on any atom is -0.480 e. The van der Waals surface area contributed by atoms with Crippen molar-refractivity contribution in [2.24, 2.45) is 5.11 Å². The van der Waals surface area contributed by atoms with E-state index in [1.165, 1.54) is 0 Å². The number of hydrogen-bond acceptors (Lipinski definition) is 7. The molecule has 1 atom stereocenters. The molecule has 0 aromatic rings. The average molecular weight is 403 g/mol. The van der Waals surface area contributed by atoms with E-state index in [4.69, 9.17) is 24.8 Å². The van der Waals surface area contributed by atoms with Crippen molar-refractivity contribution >= 4 is 18.0 Å². The third kappa shape index (κ3) is 15.7. The van der Waals surface area contributed by atoms with Crippen molar-refractivity contribution in [1.82, 2.24) is 10.6 Å². The highest BCUT2D eigenvalue weighted by molar-refractivity contribution is 5.81. The van der Waals surface area contributed by atoms with E-state index in [0.717, 1.165) is 0 Å². The van der Waals surface area contributed by atoms with Gasteiger partial charge in [-0.3, -0.25) is 4.79 Å². The number of ether oxygens (including phenoxy) is 3. The number of amides is 2. The lowest BCUT2D eigenvalue weighted by Gasteiger charge is -2.21. The number of carboxylic acids is 1. The topological polar surface area (TPSA) is 172 Å². The second-order valence-electron chi connectivity index (χ2n) is 6.60. The summed E-state index contributed by atoms with van der Waals surface area (Å²) in [4.78, 5) is 37.2. The van der Waals surface area contributed by atoms with Crippen LogP contribution < -0.4 is 10.6 Å². The number of carboxylic acid groups (broad SMARTS) is 1. The first-order valence-corrected chi connectivity index (χ1v) is 8.81. The highest BCUT2D eigenvalue weighted by Crippen LogP contribution is 2.07. The number of rotatable bonds is 14. The van der Waals surface area contributed by atoms with Crippen molar-refractivity contribution in [3.8, 4) is 0 Å². The predicted molar refractivity (Wildman–Crippen MR) is 98.7 cm³/mol. The monoisotopic (exact) mass is 403 g/mol. The number of hydrogen-bond donors (Lipinski definition) is 3. The smallest absolute Gasteiger partial charge is 0.408 e. The first kappa shape index (κ1) is 25.4. The lowest BCUT2D eigenvalue weighted by atomic mass is 10.1. The van der Waals surface area contributed by atoms with E-state index in [1.807, 2.05) is 0 Å². The maximum atomic E-state index is 11.8. The van der Waals surface area contributed by atoms with Gasteiger partial charge in [0, 0.05) is 24.4 Å². The van der Waals surface area contributed by atoms with Crippen LogP contribution in [-0.2, 0) is 23.8 Å². The van der Waals surface area contributed by atoms with Crippen molar-refractivity contribution in [3.63, 3.8) is 0 Å². The predicted octanol–water partition coefficient (Wildman–Crippen LogP) is 1.20. The number of carbonyl (C=O) groups excluding carboxylic acids is 2. The molecule has 0 bridgehead atoms. The molecule has 3 N–H and O–H groups in total. The summed E-state index contributed by atoms with van der Waals surface area (Å²) in [6.45, 7) is 6.74. The van der Waals surface area contributed by atoms with E-state index in [-0.39, 0.29) is 38.4 Å². The SMILES string of the molecule is CC(C)(C)OC(=O)N[C@@H](CCC(=O)NCCOCCOCCN=[N+]=[N-])C(=O)O. The molecule has 0 aromatic heterocycles. The molecule has 0 saturated heterocycles. The van der Waals surface area contributed by atoms with Gasteiger partial charge in [0.1, 0.15) is 11.6 Å². The molecular formula is C16H29N5O7. The van der Waals surface area contributed by atoms with E-state index in [2.05, 4.69) is 20.7 Å². The van der Waals surface area contributed by atoms with Crippen LogP contribution in [0.3, 0.4) is 0 Å². The van der Waals surface area contributed by atoms with Crippen LogP contribution in [0, 0.1) is 0 Å². The highest BCUT2D eigenvalue weighted by Gasteiger charge is 2.24. The van der Waals surface area contributed by atoms with Crippen molar-refractivity contribution in [2.75, 3.05) is 39.5 Å². The molecule has 0 aromatic carbocycles. The van der Waals surface area contributed by atoms with Crippen LogP contribution in [0.4, 0.5) is 4.79 Å². The molecule has 0 saturated carbocycles. The summed E-state index contributed by atoms with van der Waals surface area (Å²) < 4.78 is 15.4. The minimum atomic E-state index is -1.25. The molecule has 12 nitrogen and oxygen atoms in total. The zero-order valence-electron chi connectivity index (χ0n) is 16.5. The number of carbonyl (C=O) groups is 3. The van der Waals surface area contributed by atoms with Crippen molar-refractivity contribution in [1.29, 1.82) is 0 Å². The molecule has 0 aliphatic carbocycles. The molecule has 0 fully saturated rings. The van der Waals surface area contributed by atoms with Crippen LogP contribution in [0.1, 0.15) is 33.6 Å². The number of nitrogens with one attached hydrogen (secondary N) is 2. The Kier molecular flexibility index (Phi) is 13.2. The van der Waals surface area contributed by atoms with Gasteiger partial charge in [-0.05, 0) is 32.7 Å². The van der Waals surface area contributed by atoms with Crippen molar-refractivity contribution < 1.29 is 33.7 Å². The zero-order chi connectivity index (χ0) is 21.4. The van der Waals surface area contributed by atoms with Gasteiger partial charge in [0.2, 0.25) is 5.91 Å². The fourth-order valence-electron chi connectivity index (χ4n) is 1.81. The molecule has 0 unspecified atom stereocenters.